The molecule has 3 heterocycles. The van der Waals surface area contributed by atoms with Gasteiger partial charge in [-0.15, -0.1) is 0 Å². The van der Waals surface area contributed by atoms with E-state index < -0.39 is 11.8 Å². The molecule has 0 aliphatic heterocycles. The number of carbonyl (C=O) groups excluding carboxylic acids is 2. The monoisotopic (exact) mass is 532 g/mol. The van der Waals surface area contributed by atoms with E-state index in [4.69, 9.17) is 25.2 Å². The van der Waals surface area contributed by atoms with Crippen LogP contribution < -0.4 is 15.4 Å². The fraction of sp³-hybridized carbons (Fsp3) is 0.136. The molecule has 0 unspecified atom stereocenters. The molecular formula is C22H18BrClN4O5. The Kier molecular flexibility index (Phi) is 6.85. The number of aryl methyl sites for hydroxylation is 1. The number of nitrogens with one attached hydrogen (secondary N) is 2. The number of rotatable bonds is 8. The van der Waals surface area contributed by atoms with Crippen molar-refractivity contribution in [2.24, 2.45) is 7.05 Å². The summed E-state index contributed by atoms with van der Waals surface area (Å²) < 4.78 is 18.6. The van der Waals surface area contributed by atoms with Crippen molar-refractivity contribution in [2.75, 3.05) is 5.32 Å². The van der Waals surface area contributed by atoms with Crippen molar-refractivity contribution in [3.63, 3.8) is 0 Å². The lowest BCUT2D eigenvalue weighted by Gasteiger charge is -2.08. The highest BCUT2D eigenvalue weighted by molar-refractivity contribution is 9.10. The van der Waals surface area contributed by atoms with Crippen LogP contribution in [0.5, 0.6) is 5.75 Å². The molecule has 0 radical (unpaired) electrons. The second kappa shape index (κ2) is 9.97. The van der Waals surface area contributed by atoms with Gasteiger partial charge >= 0.3 is 0 Å². The molecule has 0 bridgehead atoms. The van der Waals surface area contributed by atoms with Gasteiger partial charge in [-0.2, -0.15) is 5.10 Å². The first-order valence-corrected chi connectivity index (χ1v) is 10.9. The van der Waals surface area contributed by atoms with Crippen molar-refractivity contribution in [1.29, 1.82) is 0 Å². The third-order valence-corrected chi connectivity index (χ3v) is 5.34. The number of furan rings is 2. The Hall–Kier alpha value is -3.50. The number of anilines is 1. The summed E-state index contributed by atoms with van der Waals surface area (Å²) in [5.74, 6) is 0.634. The van der Waals surface area contributed by atoms with Crippen molar-refractivity contribution in [1.82, 2.24) is 15.1 Å². The highest BCUT2D eigenvalue weighted by Gasteiger charge is 2.21. The van der Waals surface area contributed by atoms with Crippen LogP contribution in [0.3, 0.4) is 0 Å². The fourth-order valence-corrected chi connectivity index (χ4v) is 3.69. The highest BCUT2D eigenvalue weighted by atomic mass is 79.9. The van der Waals surface area contributed by atoms with E-state index in [1.165, 1.54) is 23.2 Å². The number of aromatic nitrogens is 2. The van der Waals surface area contributed by atoms with Gasteiger partial charge in [0.1, 0.15) is 29.6 Å². The molecule has 4 aromatic rings. The summed E-state index contributed by atoms with van der Waals surface area (Å²) in [5, 5.41) is 9.90. The molecule has 0 aliphatic rings. The van der Waals surface area contributed by atoms with Gasteiger partial charge in [0.15, 0.2) is 5.76 Å². The topological polar surface area (TPSA) is 112 Å². The van der Waals surface area contributed by atoms with Gasteiger partial charge in [0.25, 0.3) is 11.8 Å². The molecule has 9 nitrogen and oxygen atoms in total. The van der Waals surface area contributed by atoms with Gasteiger partial charge in [0.2, 0.25) is 0 Å². The lowest BCUT2D eigenvalue weighted by Crippen LogP contribution is -2.26. The molecule has 1 aromatic carbocycles. The number of hydrogen-bond acceptors (Lipinski definition) is 6. The SMILES string of the molecule is Cn1ncc(NC(=O)c2ccc(COc3ccc(Br)cc3Cl)o2)c1C(=O)NCc1ccco1. The third kappa shape index (κ3) is 5.47. The Morgan fingerprint density at radius 1 is 1.18 bits per heavy atom. The highest BCUT2D eigenvalue weighted by Crippen LogP contribution is 2.28. The molecule has 2 amide bonds. The minimum Gasteiger partial charge on any atom is -0.484 e. The van der Waals surface area contributed by atoms with Crippen molar-refractivity contribution in [3.05, 3.63) is 87.4 Å². The average Bonchev–Trinajstić information content (AvgIpc) is 3.53. The van der Waals surface area contributed by atoms with Gasteiger partial charge in [-0.05, 0) is 42.5 Å². The molecule has 3 aromatic heterocycles. The minimum absolute atomic E-state index is 0.0568. The van der Waals surface area contributed by atoms with E-state index in [2.05, 4.69) is 31.7 Å². The summed E-state index contributed by atoms with van der Waals surface area (Å²) >= 11 is 9.47. The number of ether oxygens (including phenoxy) is 1. The van der Waals surface area contributed by atoms with Crippen molar-refractivity contribution in [2.45, 2.75) is 13.2 Å². The Labute approximate surface area is 201 Å². The van der Waals surface area contributed by atoms with Gasteiger partial charge in [0, 0.05) is 11.5 Å². The summed E-state index contributed by atoms with van der Waals surface area (Å²) in [5.41, 5.74) is 0.435. The first kappa shape index (κ1) is 22.7. The van der Waals surface area contributed by atoms with Crippen molar-refractivity contribution in [3.8, 4) is 5.75 Å². The van der Waals surface area contributed by atoms with Gasteiger partial charge in [-0.25, -0.2) is 0 Å². The van der Waals surface area contributed by atoms with E-state index in [9.17, 15) is 9.59 Å². The zero-order valence-electron chi connectivity index (χ0n) is 17.3. The molecule has 170 valence electrons. The maximum absolute atomic E-state index is 12.7. The lowest BCUT2D eigenvalue weighted by atomic mass is 10.3. The first-order chi connectivity index (χ1) is 15.9. The van der Waals surface area contributed by atoms with Crippen molar-refractivity contribution >= 4 is 45.0 Å². The molecule has 4 rings (SSSR count). The number of benzene rings is 1. The van der Waals surface area contributed by atoms with E-state index in [1.807, 2.05) is 0 Å². The lowest BCUT2D eigenvalue weighted by molar-refractivity contribution is 0.0939. The van der Waals surface area contributed by atoms with Gasteiger partial charge < -0.3 is 24.2 Å². The molecule has 33 heavy (non-hydrogen) atoms. The second-order valence-corrected chi connectivity index (χ2v) is 8.20. The van der Waals surface area contributed by atoms with Crippen molar-refractivity contribution < 1.29 is 23.2 Å². The van der Waals surface area contributed by atoms with Crippen LogP contribution in [0.4, 0.5) is 5.69 Å². The standard InChI is InChI=1S/C22H18BrClN4O5/c1-28-20(22(30)25-10-14-3-2-8-31-14)17(11-26-28)27-21(29)19-7-5-15(33-19)12-32-18-6-4-13(23)9-16(18)24/h2-9,11H,10,12H2,1H3,(H,25,30)(H,27,29). The van der Waals surface area contributed by atoms with Gasteiger partial charge in [0.05, 0.1) is 29.7 Å². The maximum atomic E-state index is 12.7. The zero-order valence-corrected chi connectivity index (χ0v) is 19.6. The number of hydrogen-bond donors (Lipinski definition) is 2. The van der Waals surface area contributed by atoms with E-state index in [-0.39, 0.29) is 30.3 Å². The number of carbonyl (C=O) groups is 2. The summed E-state index contributed by atoms with van der Waals surface area (Å²) in [4.78, 5) is 25.3. The first-order valence-electron chi connectivity index (χ1n) is 9.71. The Morgan fingerprint density at radius 2 is 2.03 bits per heavy atom. The molecule has 0 saturated carbocycles. The second-order valence-electron chi connectivity index (χ2n) is 6.88. The number of amides is 2. The average molecular weight is 534 g/mol. The van der Waals surface area contributed by atoms with Crippen LogP contribution in [0, 0.1) is 0 Å². The van der Waals surface area contributed by atoms with Crippen LogP contribution in [0.15, 0.2) is 68.2 Å². The smallest absolute Gasteiger partial charge is 0.291 e. The predicted molar refractivity (Wildman–Crippen MR) is 123 cm³/mol. The molecule has 0 aliphatic carbocycles. The van der Waals surface area contributed by atoms with Crippen LogP contribution in [0.25, 0.3) is 0 Å². The largest absolute Gasteiger partial charge is 0.484 e. The van der Waals surface area contributed by atoms with Crippen LogP contribution in [-0.2, 0) is 20.2 Å². The predicted octanol–water partition coefficient (Wildman–Crippen LogP) is 4.78. The van der Waals surface area contributed by atoms with Crippen LogP contribution in [0.1, 0.15) is 32.6 Å². The minimum atomic E-state index is -0.531. The van der Waals surface area contributed by atoms with Crippen LogP contribution in [-0.4, -0.2) is 21.6 Å². The fourth-order valence-electron chi connectivity index (χ4n) is 2.97. The van der Waals surface area contributed by atoms with Gasteiger partial charge in [-0.1, -0.05) is 27.5 Å². The summed E-state index contributed by atoms with van der Waals surface area (Å²) in [6.45, 7) is 0.288. The molecule has 11 heteroatoms. The third-order valence-electron chi connectivity index (χ3n) is 4.55. The molecular weight excluding hydrogens is 516 g/mol. The molecule has 0 fully saturated rings. The van der Waals surface area contributed by atoms with E-state index in [1.54, 1.807) is 43.4 Å². The molecule has 0 saturated heterocycles. The van der Waals surface area contributed by atoms with E-state index in [0.717, 1.165) is 4.47 Å². The Balaban J connectivity index is 1.39. The summed E-state index contributed by atoms with van der Waals surface area (Å²) in [6.07, 6.45) is 2.91. The van der Waals surface area contributed by atoms with Crippen LogP contribution >= 0.6 is 27.5 Å². The quantitative estimate of drug-likeness (QED) is 0.337. The summed E-state index contributed by atoms with van der Waals surface area (Å²) in [6, 6.07) is 11.9. The van der Waals surface area contributed by atoms with Crippen LogP contribution in [0.2, 0.25) is 5.02 Å². The molecule has 0 atom stereocenters. The van der Waals surface area contributed by atoms with Gasteiger partial charge in [-0.3, -0.25) is 14.3 Å². The maximum Gasteiger partial charge on any atom is 0.291 e. The Bertz CT molecular complexity index is 1280. The Morgan fingerprint density at radius 3 is 2.79 bits per heavy atom. The molecule has 0 spiro atoms. The molecule has 2 N–H and O–H groups in total. The van der Waals surface area contributed by atoms with E-state index in [0.29, 0.717) is 22.3 Å². The van der Waals surface area contributed by atoms with E-state index >= 15 is 0 Å². The normalized spacial score (nSPS) is 10.8. The zero-order chi connectivity index (χ0) is 23.4. The summed E-state index contributed by atoms with van der Waals surface area (Å²) in [7, 11) is 1.60. The number of halogens is 2. The number of nitrogens with zero attached hydrogens (tertiary/aromatic N) is 2.